The van der Waals surface area contributed by atoms with E-state index in [1.165, 1.54) is 24.3 Å². The van der Waals surface area contributed by atoms with Gasteiger partial charge in [0.1, 0.15) is 5.75 Å². The van der Waals surface area contributed by atoms with Crippen LogP contribution in [-0.2, 0) is 14.6 Å². The summed E-state index contributed by atoms with van der Waals surface area (Å²) in [4.78, 5) is 11.9. The first-order chi connectivity index (χ1) is 9.87. The number of benzene rings is 2. The predicted molar refractivity (Wildman–Crippen MR) is 91.3 cm³/mol. The fraction of sp³-hybridized carbons (Fsp3) is 0.0714. The Kier molecular flexibility index (Phi) is 5.23. The van der Waals surface area contributed by atoms with Gasteiger partial charge in [0.05, 0.1) is 4.90 Å². The van der Waals surface area contributed by atoms with E-state index >= 15 is 0 Å². The van der Waals surface area contributed by atoms with Gasteiger partial charge in [0.2, 0.25) is 5.91 Å². The molecule has 0 radical (unpaired) electrons. The molecule has 110 valence electrons. The van der Waals surface area contributed by atoms with Crippen LogP contribution in [0.3, 0.4) is 0 Å². The summed E-state index contributed by atoms with van der Waals surface area (Å²) >= 11 is 7.83. The molecule has 2 aromatic carbocycles. The van der Waals surface area contributed by atoms with E-state index in [0.717, 1.165) is 3.57 Å². The fourth-order valence-electron chi connectivity index (χ4n) is 1.66. The average Bonchev–Trinajstić information content (AvgIpc) is 2.38. The van der Waals surface area contributed by atoms with Crippen LogP contribution in [0.5, 0.6) is 0 Å². The van der Waals surface area contributed by atoms with E-state index in [0.29, 0.717) is 10.7 Å². The molecule has 2 rings (SSSR count). The summed E-state index contributed by atoms with van der Waals surface area (Å²) in [5, 5.41) is 3.01. The maximum atomic E-state index is 12.1. The first kappa shape index (κ1) is 16.3. The van der Waals surface area contributed by atoms with E-state index in [1.54, 1.807) is 18.2 Å². The van der Waals surface area contributed by atoms with Gasteiger partial charge in [0.25, 0.3) is 0 Å². The van der Waals surface area contributed by atoms with Crippen molar-refractivity contribution >= 4 is 55.6 Å². The van der Waals surface area contributed by atoms with Gasteiger partial charge in [0.15, 0.2) is 9.84 Å². The number of sulfone groups is 1. The number of anilines is 1. The minimum absolute atomic E-state index is 0.0738. The van der Waals surface area contributed by atoms with E-state index in [2.05, 4.69) is 27.9 Å². The van der Waals surface area contributed by atoms with Crippen molar-refractivity contribution in [1.29, 1.82) is 0 Å². The van der Waals surface area contributed by atoms with Crippen LogP contribution in [0.25, 0.3) is 0 Å². The van der Waals surface area contributed by atoms with Gasteiger partial charge in [-0.3, -0.25) is 4.79 Å². The van der Waals surface area contributed by atoms with Crippen molar-refractivity contribution in [3.05, 3.63) is 57.1 Å². The zero-order chi connectivity index (χ0) is 15.5. The monoisotopic (exact) mass is 435 g/mol. The molecule has 0 aliphatic rings. The van der Waals surface area contributed by atoms with Crippen molar-refractivity contribution in [2.75, 3.05) is 11.1 Å². The average molecular weight is 436 g/mol. The topological polar surface area (TPSA) is 63.2 Å². The summed E-state index contributed by atoms with van der Waals surface area (Å²) < 4.78 is 25.2. The van der Waals surface area contributed by atoms with Gasteiger partial charge in [-0.1, -0.05) is 17.7 Å². The molecule has 0 heterocycles. The van der Waals surface area contributed by atoms with Crippen molar-refractivity contribution in [3.8, 4) is 0 Å². The Bertz CT molecular complexity index is 760. The lowest BCUT2D eigenvalue weighted by Gasteiger charge is -2.07. The number of amides is 1. The second-order valence-corrected chi connectivity index (χ2v) is 7.94. The predicted octanol–water partition coefficient (Wildman–Crippen LogP) is 3.36. The molecule has 21 heavy (non-hydrogen) atoms. The van der Waals surface area contributed by atoms with E-state index in [1.807, 2.05) is 6.07 Å². The van der Waals surface area contributed by atoms with Gasteiger partial charge < -0.3 is 5.32 Å². The number of nitrogens with one attached hydrogen (secondary N) is 1. The molecule has 0 aliphatic heterocycles. The Balaban J connectivity index is 2.09. The Labute approximate surface area is 141 Å². The molecule has 0 bridgehead atoms. The molecule has 0 aromatic heterocycles. The summed E-state index contributed by atoms with van der Waals surface area (Å²) in [6.45, 7) is 0. The standard InChI is InChI=1S/C14H11ClINO3S/c15-10-4-6-13(7-5-10)21(19,20)9-14(18)17-12-3-1-2-11(16)8-12/h1-8H,9H2,(H,17,18). The highest BCUT2D eigenvalue weighted by molar-refractivity contribution is 14.1. The molecule has 0 saturated carbocycles. The Morgan fingerprint density at radius 2 is 1.81 bits per heavy atom. The van der Waals surface area contributed by atoms with Gasteiger partial charge in [-0.2, -0.15) is 0 Å². The molecule has 0 unspecified atom stereocenters. The highest BCUT2D eigenvalue weighted by atomic mass is 127. The number of hydrogen-bond acceptors (Lipinski definition) is 3. The smallest absolute Gasteiger partial charge is 0.239 e. The molecule has 0 fully saturated rings. The molecule has 4 nitrogen and oxygen atoms in total. The van der Waals surface area contributed by atoms with Crippen LogP contribution in [-0.4, -0.2) is 20.1 Å². The Hall–Kier alpha value is -1.12. The van der Waals surface area contributed by atoms with E-state index < -0.39 is 21.5 Å². The molecule has 0 aliphatic carbocycles. The summed E-state index contributed by atoms with van der Waals surface area (Å²) in [5.41, 5.74) is 0.568. The van der Waals surface area contributed by atoms with Gasteiger partial charge >= 0.3 is 0 Å². The molecule has 1 N–H and O–H groups in total. The highest BCUT2D eigenvalue weighted by Crippen LogP contribution is 2.16. The molecule has 0 atom stereocenters. The van der Waals surface area contributed by atoms with Gasteiger partial charge in [-0.15, -0.1) is 0 Å². The highest BCUT2D eigenvalue weighted by Gasteiger charge is 2.19. The quantitative estimate of drug-likeness (QED) is 0.749. The van der Waals surface area contributed by atoms with Crippen LogP contribution in [0.2, 0.25) is 5.02 Å². The Morgan fingerprint density at radius 1 is 1.14 bits per heavy atom. The second kappa shape index (κ2) is 6.76. The summed E-state index contributed by atoms with van der Waals surface area (Å²) in [6, 6.07) is 12.8. The zero-order valence-electron chi connectivity index (χ0n) is 10.7. The van der Waals surface area contributed by atoms with Gasteiger partial charge in [-0.25, -0.2) is 8.42 Å². The van der Waals surface area contributed by atoms with Crippen molar-refractivity contribution in [1.82, 2.24) is 0 Å². The van der Waals surface area contributed by atoms with Crippen LogP contribution in [0.1, 0.15) is 0 Å². The van der Waals surface area contributed by atoms with Gasteiger partial charge in [0, 0.05) is 14.3 Å². The lowest BCUT2D eigenvalue weighted by atomic mass is 10.3. The SMILES string of the molecule is O=C(CS(=O)(=O)c1ccc(Cl)cc1)Nc1cccc(I)c1. The van der Waals surface area contributed by atoms with Gasteiger partial charge in [-0.05, 0) is 65.1 Å². The van der Waals surface area contributed by atoms with Crippen LogP contribution in [0, 0.1) is 3.57 Å². The molecule has 7 heteroatoms. The normalized spacial score (nSPS) is 11.1. The third kappa shape index (κ3) is 4.69. The maximum absolute atomic E-state index is 12.1. The third-order valence-electron chi connectivity index (χ3n) is 2.60. The molecular formula is C14H11ClINO3S. The second-order valence-electron chi connectivity index (χ2n) is 4.27. The summed E-state index contributed by atoms with van der Waals surface area (Å²) in [6.07, 6.45) is 0. The number of halogens is 2. The summed E-state index contributed by atoms with van der Waals surface area (Å²) in [7, 11) is -3.68. The molecule has 2 aromatic rings. The van der Waals surface area contributed by atoms with Crippen LogP contribution >= 0.6 is 34.2 Å². The lowest BCUT2D eigenvalue weighted by Crippen LogP contribution is -2.23. The first-order valence-electron chi connectivity index (χ1n) is 5.90. The van der Waals surface area contributed by atoms with Crippen LogP contribution in [0.15, 0.2) is 53.4 Å². The number of carbonyl (C=O) groups excluding carboxylic acids is 1. The number of carbonyl (C=O) groups is 1. The van der Waals surface area contributed by atoms with Crippen molar-refractivity contribution in [2.24, 2.45) is 0 Å². The fourth-order valence-corrected chi connectivity index (χ4v) is 3.47. The first-order valence-corrected chi connectivity index (χ1v) is 9.01. The van der Waals surface area contributed by atoms with E-state index in [4.69, 9.17) is 11.6 Å². The Morgan fingerprint density at radius 3 is 2.43 bits per heavy atom. The van der Waals surface area contributed by atoms with E-state index in [9.17, 15) is 13.2 Å². The number of rotatable bonds is 4. The van der Waals surface area contributed by atoms with Crippen molar-refractivity contribution < 1.29 is 13.2 Å². The number of hydrogen-bond donors (Lipinski definition) is 1. The minimum atomic E-state index is -3.68. The summed E-state index contributed by atoms with van der Waals surface area (Å²) in [5.74, 6) is -1.19. The van der Waals surface area contributed by atoms with Crippen molar-refractivity contribution in [2.45, 2.75) is 4.90 Å². The van der Waals surface area contributed by atoms with Crippen molar-refractivity contribution in [3.63, 3.8) is 0 Å². The molecule has 1 amide bonds. The van der Waals surface area contributed by atoms with E-state index in [-0.39, 0.29) is 4.90 Å². The zero-order valence-corrected chi connectivity index (χ0v) is 14.4. The van der Waals surface area contributed by atoms with Crippen LogP contribution in [0.4, 0.5) is 5.69 Å². The van der Waals surface area contributed by atoms with Crippen LogP contribution < -0.4 is 5.32 Å². The molecule has 0 saturated heterocycles. The largest absolute Gasteiger partial charge is 0.325 e. The third-order valence-corrected chi connectivity index (χ3v) is 5.16. The molecule has 0 spiro atoms. The lowest BCUT2D eigenvalue weighted by molar-refractivity contribution is -0.113. The molecular weight excluding hydrogens is 425 g/mol. The maximum Gasteiger partial charge on any atom is 0.239 e. The minimum Gasteiger partial charge on any atom is -0.325 e.